The number of β-amino-alcohol motifs (C(OH)–C–C–N with tert-alkyl or cyclic N) is 1. The van der Waals surface area contributed by atoms with Crippen molar-refractivity contribution in [2.75, 3.05) is 13.1 Å². The molecule has 3 aromatic rings. The number of ketones is 1. The molecule has 4 rings (SSSR count). The van der Waals surface area contributed by atoms with Crippen LogP contribution in [0.4, 0.5) is 9.18 Å². The van der Waals surface area contributed by atoms with E-state index in [-0.39, 0.29) is 24.8 Å². The topological polar surface area (TPSA) is 76.1 Å². The number of ether oxygens (including phenoxy) is 2. The fourth-order valence-corrected chi connectivity index (χ4v) is 4.49. The largest absolute Gasteiger partial charge is 0.444 e. The fourth-order valence-electron chi connectivity index (χ4n) is 4.49. The molecule has 0 aliphatic carbocycles. The predicted molar refractivity (Wildman–Crippen MR) is 138 cm³/mol. The second kappa shape index (κ2) is 10.8. The SMILES string of the molecule is CC(C)(C)OC(=O)N1CCC(c2ccc(F)cc2)C(O)(OCc2cccc(C(=O)c3ccccc3)c2)C1. The quantitative estimate of drug-likeness (QED) is 0.344. The van der Waals surface area contributed by atoms with Gasteiger partial charge in [-0.1, -0.05) is 60.7 Å². The molecule has 37 heavy (non-hydrogen) atoms. The molecule has 1 N–H and O–H groups in total. The van der Waals surface area contributed by atoms with Gasteiger partial charge in [-0.05, 0) is 56.5 Å². The molecule has 0 saturated carbocycles. The standard InChI is InChI=1S/C30H32FNO5/c1-29(2,3)37-28(34)32-17-16-26(22-12-14-25(31)15-13-22)30(35,20-32)36-19-21-8-7-11-24(18-21)27(33)23-9-5-4-6-10-23/h4-15,18,26,35H,16-17,19-20H2,1-3H3. The summed E-state index contributed by atoms with van der Waals surface area (Å²) in [6.45, 7) is 5.58. The van der Waals surface area contributed by atoms with Gasteiger partial charge in [0, 0.05) is 23.6 Å². The highest BCUT2D eigenvalue weighted by Gasteiger charge is 2.46. The first-order chi connectivity index (χ1) is 17.5. The second-order valence-corrected chi connectivity index (χ2v) is 10.3. The second-order valence-electron chi connectivity index (χ2n) is 10.3. The van der Waals surface area contributed by atoms with Crippen molar-refractivity contribution in [3.8, 4) is 0 Å². The maximum atomic E-state index is 13.6. The van der Waals surface area contributed by atoms with Crippen LogP contribution in [0.15, 0.2) is 78.9 Å². The predicted octanol–water partition coefficient (Wildman–Crippen LogP) is 5.69. The molecule has 0 bridgehead atoms. The number of amides is 1. The lowest BCUT2D eigenvalue weighted by Crippen LogP contribution is -2.56. The average molecular weight is 506 g/mol. The van der Waals surface area contributed by atoms with Gasteiger partial charge in [-0.15, -0.1) is 0 Å². The number of nitrogens with zero attached hydrogens (tertiary/aromatic N) is 1. The molecule has 1 saturated heterocycles. The van der Waals surface area contributed by atoms with Gasteiger partial charge in [0.25, 0.3) is 0 Å². The van der Waals surface area contributed by atoms with Crippen molar-refractivity contribution in [2.24, 2.45) is 0 Å². The summed E-state index contributed by atoms with van der Waals surface area (Å²) in [6.07, 6.45) is -0.143. The number of likely N-dealkylation sites (tertiary alicyclic amines) is 1. The van der Waals surface area contributed by atoms with Crippen molar-refractivity contribution in [1.82, 2.24) is 4.90 Å². The summed E-state index contributed by atoms with van der Waals surface area (Å²) in [5.74, 6) is -2.74. The van der Waals surface area contributed by atoms with E-state index in [1.807, 2.05) is 24.3 Å². The van der Waals surface area contributed by atoms with Crippen LogP contribution in [0.25, 0.3) is 0 Å². The van der Waals surface area contributed by atoms with Crippen LogP contribution in [0.2, 0.25) is 0 Å². The van der Waals surface area contributed by atoms with E-state index >= 15 is 0 Å². The molecule has 1 aliphatic heterocycles. The number of rotatable bonds is 6. The van der Waals surface area contributed by atoms with Gasteiger partial charge in [0.15, 0.2) is 11.6 Å². The molecule has 1 heterocycles. The van der Waals surface area contributed by atoms with Crippen LogP contribution in [0.1, 0.15) is 60.2 Å². The first kappa shape index (κ1) is 26.5. The van der Waals surface area contributed by atoms with Crippen molar-refractivity contribution in [1.29, 1.82) is 0 Å². The van der Waals surface area contributed by atoms with Gasteiger partial charge in [0.2, 0.25) is 0 Å². The van der Waals surface area contributed by atoms with Crippen molar-refractivity contribution in [2.45, 2.75) is 51.1 Å². The highest BCUT2D eigenvalue weighted by atomic mass is 19.1. The zero-order valence-corrected chi connectivity index (χ0v) is 21.3. The molecular formula is C30H32FNO5. The number of benzene rings is 3. The van der Waals surface area contributed by atoms with E-state index in [0.29, 0.717) is 35.2 Å². The van der Waals surface area contributed by atoms with Crippen molar-refractivity contribution >= 4 is 11.9 Å². The lowest BCUT2D eigenvalue weighted by atomic mass is 9.84. The molecule has 2 atom stereocenters. The highest BCUT2D eigenvalue weighted by molar-refractivity contribution is 6.09. The van der Waals surface area contributed by atoms with E-state index in [2.05, 4.69) is 0 Å². The molecule has 7 heteroatoms. The maximum Gasteiger partial charge on any atom is 0.410 e. The smallest absolute Gasteiger partial charge is 0.410 e. The van der Waals surface area contributed by atoms with Crippen LogP contribution in [0.5, 0.6) is 0 Å². The van der Waals surface area contributed by atoms with Gasteiger partial charge in [0.1, 0.15) is 11.4 Å². The Balaban J connectivity index is 1.56. The van der Waals surface area contributed by atoms with Crippen molar-refractivity contribution in [3.05, 3.63) is 107 Å². The molecule has 3 aromatic carbocycles. The summed E-state index contributed by atoms with van der Waals surface area (Å²) in [6, 6.07) is 22.0. The lowest BCUT2D eigenvalue weighted by molar-refractivity contribution is -0.245. The number of halogens is 1. The van der Waals surface area contributed by atoms with Gasteiger partial charge >= 0.3 is 6.09 Å². The van der Waals surface area contributed by atoms with E-state index in [4.69, 9.17) is 9.47 Å². The first-order valence-electron chi connectivity index (χ1n) is 12.3. The van der Waals surface area contributed by atoms with E-state index in [9.17, 15) is 19.1 Å². The Morgan fingerprint density at radius 3 is 2.35 bits per heavy atom. The Kier molecular flexibility index (Phi) is 7.76. The van der Waals surface area contributed by atoms with E-state index in [1.165, 1.54) is 17.0 Å². The first-order valence-corrected chi connectivity index (χ1v) is 12.3. The van der Waals surface area contributed by atoms with Crippen LogP contribution in [-0.2, 0) is 16.1 Å². The molecule has 1 fully saturated rings. The normalized spacial score (nSPS) is 19.9. The number of carbonyl (C=O) groups excluding carboxylic acids is 2. The van der Waals surface area contributed by atoms with E-state index in [1.54, 1.807) is 63.2 Å². The third-order valence-corrected chi connectivity index (χ3v) is 6.29. The Labute approximate surface area is 216 Å². The van der Waals surface area contributed by atoms with E-state index in [0.717, 1.165) is 0 Å². The van der Waals surface area contributed by atoms with Gasteiger partial charge in [-0.3, -0.25) is 4.79 Å². The number of piperidine rings is 1. The average Bonchev–Trinajstić information content (AvgIpc) is 2.87. The highest BCUT2D eigenvalue weighted by Crippen LogP contribution is 2.38. The molecule has 194 valence electrons. The molecule has 6 nitrogen and oxygen atoms in total. The van der Waals surface area contributed by atoms with Crippen LogP contribution < -0.4 is 0 Å². The summed E-state index contributed by atoms with van der Waals surface area (Å²) in [7, 11) is 0. The van der Waals surface area contributed by atoms with E-state index < -0.39 is 23.4 Å². The number of aliphatic hydroxyl groups is 1. The molecular weight excluding hydrogens is 473 g/mol. The maximum absolute atomic E-state index is 13.6. The number of hydrogen-bond acceptors (Lipinski definition) is 5. The summed E-state index contributed by atoms with van der Waals surface area (Å²) in [4.78, 5) is 27.1. The van der Waals surface area contributed by atoms with Crippen molar-refractivity contribution < 1.29 is 28.6 Å². The third-order valence-electron chi connectivity index (χ3n) is 6.29. The minimum atomic E-state index is -1.76. The fraction of sp³-hybridized carbons (Fsp3) is 0.333. The molecule has 1 amide bonds. The van der Waals surface area contributed by atoms with Gasteiger partial charge in [-0.2, -0.15) is 0 Å². The molecule has 1 aliphatic rings. The molecule has 0 spiro atoms. The number of hydrogen-bond donors (Lipinski definition) is 1. The zero-order chi connectivity index (χ0) is 26.6. The Hall–Kier alpha value is -3.55. The zero-order valence-electron chi connectivity index (χ0n) is 21.3. The number of carbonyl (C=O) groups is 2. The van der Waals surface area contributed by atoms with Gasteiger partial charge < -0.3 is 19.5 Å². The van der Waals surface area contributed by atoms with Crippen molar-refractivity contribution in [3.63, 3.8) is 0 Å². The van der Waals surface area contributed by atoms with Crippen LogP contribution in [0, 0.1) is 5.82 Å². The summed E-state index contributed by atoms with van der Waals surface area (Å²) in [5, 5.41) is 11.8. The minimum Gasteiger partial charge on any atom is -0.444 e. The summed E-state index contributed by atoms with van der Waals surface area (Å²) >= 11 is 0. The van der Waals surface area contributed by atoms with Crippen LogP contribution in [-0.4, -0.2) is 46.4 Å². The Morgan fingerprint density at radius 1 is 1.00 bits per heavy atom. The Bertz CT molecular complexity index is 1240. The van der Waals surface area contributed by atoms with Gasteiger partial charge in [0.05, 0.1) is 13.2 Å². The minimum absolute atomic E-state index is 0.00621. The lowest BCUT2D eigenvalue weighted by Gasteiger charge is -2.44. The van der Waals surface area contributed by atoms with Gasteiger partial charge in [-0.25, -0.2) is 9.18 Å². The summed E-state index contributed by atoms with van der Waals surface area (Å²) < 4.78 is 25.2. The third kappa shape index (κ3) is 6.61. The Morgan fingerprint density at radius 2 is 1.68 bits per heavy atom. The summed E-state index contributed by atoms with van der Waals surface area (Å²) in [5.41, 5.74) is 1.81. The molecule has 0 radical (unpaired) electrons. The molecule has 2 unspecified atom stereocenters. The van der Waals surface area contributed by atoms with Crippen LogP contribution >= 0.6 is 0 Å². The monoisotopic (exact) mass is 505 g/mol. The van der Waals surface area contributed by atoms with Crippen LogP contribution in [0.3, 0.4) is 0 Å². The molecule has 0 aromatic heterocycles.